The van der Waals surface area contributed by atoms with Crippen LogP contribution in [0.5, 0.6) is 11.5 Å². The van der Waals surface area contributed by atoms with Gasteiger partial charge in [-0.15, -0.1) is 25.8 Å². The lowest BCUT2D eigenvalue weighted by atomic mass is 10.2. The van der Waals surface area contributed by atoms with Crippen LogP contribution < -0.4 is 9.47 Å². The molecule has 2 rings (SSSR count). The van der Waals surface area contributed by atoms with Crippen molar-refractivity contribution in [3.8, 4) is 11.5 Å². The van der Waals surface area contributed by atoms with E-state index >= 15 is 0 Å². The van der Waals surface area contributed by atoms with Gasteiger partial charge in [-0.05, 0) is 42.0 Å². The van der Waals surface area contributed by atoms with Crippen molar-refractivity contribution < 1.29 is 22.6 Å². The van der Waals surface area contributed by atoms with Gasteiger partial charge < -0.3 is 9.47 Å². The van der Waals surface area contributed by atoms with Crippen molar-refractivity contribution in [3.63, 3.8) is 0 Å². The molecule has 0 aliphatic heterocycles. The maximum atomic E-state index is 12.1. The molecule has 2 aromatic carbocycles. The number of alkyl halides is 3. The molecule has 0 saturated carbocycles. The SMILES string of the molecule is FC(F)(F)Oc1cccc(COc2ccc(S)cc2)c1. The normalized spacial score (nSPS) is 11.2. The zero-order valence-corrected chi connectivity index (χ0v) is 11.1. The van der Waals surface area contributed by atoms with E-state index in [9.17, 15) is 13.2 Å². The van der Waals surface area contributed by atoms with Gasteiger partial charge in [-0.1, -0.05) is 12.1 Å². The average Bonchev–Trinajstić information content (AvgIpc) is 2.36. The molecule has 0 aliphatic rings. The van der Waals surface area contributed by atoms with Gasteiger partial charge in [0, 0.05) is 4.90 Å². The molecular weight excluding hydrogens is 289 g/mol. The Kier molecular flexibility index (Phi) is 4.44. The maximum absolute atomic E-state index is 12.1. The Morgan fingerprint density at radius 3 is 2.30 bits per heavy atom. The van der Waals surface area contributed by atoms with Crippen molar-refractivity contribution in [2.75, 3.05) is 0 Å². The number of rotatable bonds is 4. The second kappa shape index (κ2) is 6.09. The second-order valence-electron chi connectivity index (χ2n) is 3.98. The number of hydrogen-bond donors (Lipinski definition) is 1. The van der Waals surface area contributed by atoms with Crippen LogP contribution in [0.4, 0.5) is 13.2 Å². The monoisotopic (exact) mass is 300 g/mol. The lowest BCUT2D eigenvalue weighted by molar-refractivity contribution is -0.274. The highest BCUT2D eigenvalue weighted by Crippen LogP contribution is 2.24. The molecule has 0 aliphatic carbocycles. The summed E-state index contributed by atoms with van der Waals surface area (Å²) in [4.78, 5) is 0.804. The van der Waals surface area contributed by atoms with Crippen molar-refractivity contribution in [2.45, 2.75) is 17.9 Å². The highest BCUT2D eigenvalue weighted by atomic mass is 32.1. The van der Waals surface area contributed by atoms with Gasteiger partial charge in [-0.2, -0.15) is 0 Å². The molecule has 0 atom stereocenters. The molecule has 2 nitrogen and oxygen atoms in total. The third-order valence-electron chi connectivity index (χ3n) is 2.37. The van der Waals surface area contributed by atoms with Crippen LogP contribution in [0.15, 0.2) is 53.4 Å². The number of thiol groups is 1. The van der Waals surface area contributed by atoms with Crippen LogP contribution in [-0.4, -0.2) is 6.36 Å². The summed E-state index contributed by atoms with van der Waals surface area (Å²) in [6, 6.07) is 12.7. The zero-order chi connectivity index (χ0) is 14.6. The van der Waals surface area contributed by atoms with E-state index in [0.29, 0.717) is 11.3 Å². The summed E-state index contributed by atoms with van der Waals surface area (Å²) < 4.78 is 45.6. The van der Waals surface area contributed by atoms with E-state index in [0.717, 1.165) is 4.90 Å². The molecule has 0 spiro atoms. The lowest BCUT2D eigenvalue weighted by Crippen LogP contribution is -2.17. The number of benzene rings is 2. The first kappa shape index (κ1) is 14.6. The van der Waals surface area contributed by atoms with Gasteiger partial charge in [0.25, 0.3) is 0 Å². The fourth-order valence-electron chi connectivity index (χ4n) is 1.54. The van der Waals surface area contributed by atoms with Gasteiger partial charge >= 0.3 is 6.36 Å². The molecule has 20 heavy (non-hydrogen) atoms. The molecule has 0 aromatic heterocycles. The molecule has 2 aromatic rings. The summed E-state index contributed by atoms with van der Waals surface area (Å²) in [5.41, 5.74) is 0.585. The molecule has 0 fully saturated rings. The Morgan fingerprint density at radius 2 is 1.65 bits per heavy atom. The predicted molar refractivity (Wildman–Crippen MR) is 71.2 cm³/mol. The molecular formula is C14H11F3O2S. The van der Waals surface area contributed by atoms with Crippen LogP contribution in [0.1, 0.15) is 5.56 Å². The minimum Gasteiger partial charge on any atom is -0.489 e. The molecule has 0 bridgehead atoms. The Balaban J connectivity index is 1.99. The highest BCUT2D eigenvalue weighted by molar-refractivity contribution is 7.80. The summed E-state index contributed by atoms with van der Waals surface area (Å²) in [6.07, 6.45) is -4.69. The Hall–Kier alpha value is -1.82. The van der Waals surface area contributed by atoms with Gasteiger partial charge in [0.05, 0.1) is 0 Å². The molecule has 0 saturated heterocycles. The zero-order valence-electron chi connectivity index (χ0n) is 10.2. The van der Waals surface area contributed by atoms with Crippen LogP contribution in [0.3, 0.4) is 0 Å². The molecule has 0 unspecified atom stereocenters. The fourth-order valence-corrected chi connectivity index (χ4v) is 1.69. The summed E-state index contributed by atoms with van der Waals surface area (Å²) in [7, 11) is 0. The third kappa shape index (κ3) is 4.70. The van der Waals surface area contributed by atoms with Crippen molar-refractivity contribution in [3.05, 3.63) is 54.1 Å². The molecule has 6 heteroatoms. The standard InChI is InChI=1S/C14H11F3O2S/c15-14(16,17)19-12-3-1-2-10(8-12)9-18-11-4-6-13(20)7-5-11/h1-8,20H,9H2. The Morgan fingerprint density at radius 1 is 0.950 bits per heavy atom. The molecule has 0 heterocycles. The van der Waals surface area contributed by atoms with Gasteiger partial charge in [0.15, 0.2) is 0 Å². The first-order valence-electron chi connectivity index (χ1n) is 5.69. The first-order chi connectivity index (χ1) is 9.42. The highest BCUT2D eigenvalue weighted by Gasteiger charge is 2.31. The maximum Gasteiger partial charge on any atom is 0.573 e. The molecule has 0 radical (unpaired) electrons. The van der Waals surface area contributed by atoms with Gasteiger partial charge in [-0.25, -0.2) is 0 Å². The van der Waals surface area contributed by atoms with E-state index in [1.165, 1.54) is 18.2 Å². The van der Waals surface area contributed by atoms with Crippen LogP contribution in [0.25, 0.3) is 0 Å². The largest absolute Gasteiger partial charge is 0.573 e. The number of ether oxygens (including phenoxy) is 2. The quantitative estimate of drug-likeness (QED) is 0.841. The van der Waals surface area contributed by atoms with Crippen LogP contribution in [0.2, 0.25) is 0 Å². The van der Waals surface area contributed by atoms with E-state index in [1.807, 2.05) is 0 Å². The van der Waals surface area contributed by atoms with Crippen LogP contribution in [0, 0.1) is 0 Å². The average molecular weight is 300 g/mol. The van der Waals surface area contributed by atoms with Crippen molar-refractivity contribution in [2.24, 2.45) is 0 Å². The fraction of sp³-hybridized carbons (Fsp3) is 0.143. The van der Waals surface area contributed by atoms with Gasteiger partial charge in [0.2, 0.25) is 0 Å². The van der Waals surface area contributed by atoms with Crippen molar-refractivity contribution in [1.29, 1.82) is 0 Å². The summed E-state index contributed by atoms with van der Waals surface area (Å²) in [6.45, 7) is 0.154. The minimum absolute atomic E-state index is 0.154. The van der Waals surface area contributed by atoms with Crippen LogP contribution in [-0.2, 0) is 6.61 Å². The second-order valence-corrected chi connectivity index (χ2v) is 4.49. The summed E-state index contributed by atoms with van der Waals surface area (Å²) in [5, 5.41) is 0. The van der Waals surface area contributed by atoms with Gasteiger partial charge in [0.1, 0.15) is 18.1 Å². The lowest BCUT2D eigenvalue weighted by Gasteiger charge is -2.11. The Bertz CT molecular complexity index is 567. The predicted octanol–water partition coefficient (Wildman–Crippen LogP) is 4.45. The number of hydrogen-bond acceptors (Lipinski definition) is 3. The van der Waals surface area contributed by atoms with Crippen LogP contribution >= 0.6 is 12.6 Å². The van der Waals surface area contributed by atoms with Gasteiger partial charge in [-0.3, -0.25) is 0 Å². The molecule has 106 valence electrons. The molecule has 0 amide bonds. The van der Waals surface area contributed by atoms with E-state index in [2.05, 4.69) is 17.4 Å². The summed E-state index contributed by atoms with van der Waals surface area (Å²) in [5.74, 6) is 0.356. The molecule has 0 N–H and O–H groups in total. The van der Waals surface area contributed by atoms with E-state index in [-0.39, 0.29) is 12.4 Å². The Labute approximate surface area is 119 Å². The number of halogens is 3. The first-order valence-corrected chi connectivity index (χ1v) is 6.14. The smallest absolute Gasteiger partial charge is 0.489 e. The van der Waals surface area contributed by atoms with E-state index in [4.69, 9.17) is 4.74 Å². The topological polar surface area (TPSA) is 18.5 Å². The minimum atomic E-state index is -4.69. The van der Waals surface area contributed by atoms with Crippen molar-refractivity contribution in [1.82, 2.24) is 0 Å². The summed E-state index contributed by atoms with van der Waals surface area (Å²) >= 11 is 4.14. The van der Waals surface area contributed by atoms with E-state index in [1.54, 1.807) is 30.3 Å². The van der Waals surface area contributed by atoms with E-state index < -0.39 is 6.36 Å². The van der Waals surface area contributed by atoms with Crippen molar-refractivity contribution >= 4 is 12.6 Å². The third-order valence-corrected chi connectivity index (χ3v) is 2.67.